The third-order valence-corrected chi connectivity index (χ3v) is 2.46. The lowest BCUT2D eigenvalue weighted by atomic mass is 10.9. The highest BCUT2D eigenvalue weighted by Gasteiger charge is 2.02. The van der Waals surface area contributed by atoms with Gasteiger partial charge in [0.05, 0.1) is 6.61 Å². The van der Waals surface area contributed by atoms with Gasteiger partial charge in [0.1, 0.15) is 0 Å². The van der Waals surface area contributed by atoms with Crippen molar-refractivity contribution in [1.82, 2.24) is 0 Å². The second kappa shape index (κ2) is 4.07. The Morgan fingerprint density at radius 1 is 1.67 bits per heavy atom. The first kappa shape index (κ1) is 9.18. The third kappa shape index (κ3) is 8.18. The molecule has 0 aliphatic rings. The smallest absolute Gasteiger partial charge is 0.304 e. The van der Waals surface area contributed by atoms with Crippen molar-refractivity contribution in [2.24, 2.45) is 5.90 Å². The van der Waals surface area contributed by atoms with Crippen molar-refractivity contribution in [2.45, 2.75) is 0 Å². The van der Waals surface area contributed by atoms with Gasteiger partial charge < -0.3 is 4.84 Å². The Bertz CT molecular complexity index is 152. The van der Waals surface area contributed by atoms with E-state index in [4.69, 9.17) is 4.55 Å². The van der Waals surface area contributed by atoms with Gasteiger partial charge in [-0.2, -0.15) is 8.42 Å². The van der Waals surface area contributed by atoms with Gasteiger partial charge in [0.25, 0.3) is 0 Å². The predicted molar refractivity (Wildman–Crippen MR) is 34.1 cm³/mol. The van der Waals surface area contributed by atoms with Crippen molar-refractivity contribution in [2.75, 3.05) is 12.4 Å². The van der Waals surface area contributed by atoms with Crippen LogP contribution in [0.5, 0.6) is 0 Å². The van der Waals surface area contributed by atoms with E-state index in [1.165, 1.54) is 0 Å². The van der Waals surface area contributed by atoms with E-state index in [2.05, 4.69) is 10.7 Å². The van der Waals surface area contributed by atoms with Crippen LogP contribution in [0.3, 0.4) is 0 Å². The van der Waals surface area contributed by atoms with Crippen molar-refractivity contribution >= 4 is 19.9 Å². The van der Waals surface area contributed by atoms with Crippen LogP contribution >= 0.6 is 10.8 Å². The lowest BCUT2D eigenvalue weighted by molar-refractivity contribution is 0.155. The Morgan fingerprint density at radius 2 is 2.22 bits per heavy atom. The predicted octanol–water partition coefficient (Wildman–Crippen LogP) is -0.587. The maximum Gasteiger partial charge on any atom is 0.319 e. The SMILES string of the molecule is NOCCSS(=O)(=O)O. The maximum absolute atomic E-state index is 9.93. The molecule has 0 unspecified atom stereocenters. The lowest BCUT2D eigenvalue weighted by Gasteiger charge is -1.93. The molecule has 5 nitrogen and oxygen atoms in total. The highest BCUT2D eigenvalue weighted by atomic mass is 33.1. The van der Waals surface area contributed by atoms with E-state index in [1.807, 2.05) is 0 Å². The molecule has 0 spiro atoms. The van der Waals surface area contributed by atoms with Crippen molar-refractivity contribution in [1.29, 1.82) is 0 Å². The van der Waals surface area contributed by atoms with Crippen molar-refractivity contribution in [3.8, 4) is 0 Å². The second-order valence-electron chi connectivity index (χ2n) is 1.12. The summed E-state index contributed by atoms with van der Waals surface area (Å²) in [6, 6.07) is 0. The first-order valence-electron chi connectivity index (χ1n) is 2.00. The van der Waals surface area contributed by atoms with Gasteiger partial charge in [-0.3, -0.25) is 4.55 Å². The van der Waals surface area contributed by atoms with Crippen LogP contribution in [-0.2, 0) is 14.0 Å². The summed E-state index contributed by atoms with van der Waals surface area (Å²) in [6.45, 7) is 0.102. The van der Waals surface area contributed by atoms with Gasteiger partial charge in [0, 0.05) is 5.75 Å². The molecule has 56 valence electrons. The largest absolute Gasteiger partial charge is 0.319 e. The van der Waals surface area contributed by atoms with Gasteiger partial charge in [0.2, 0.25) is 0 Å². The molecule has 0 aliphatic heterocycles. The maximum atomic E-state index is 9.93. The Kier molecular flexibility index (Phi) is 4.15. The Hall–Kier alpha value is 0.180. The molecule has 0 saturated carbocycles. The Morgan fingerprint density at radius 3 is 2.56 bits per heavy atom. The molecule has 3 N–H and O–H groups in total. The van der Waals surface area contributed by atoms with Crippen LogP contribution in [0.2, 0.25) is 0 Å². The molecule has 0 fully saturated rings. The van der Waals surface area contributed by atoms with E-state index in [1.54, 1.807) is 0 Å². The fourth-order valence-electron chi connectivity index (χ4n) is 0.187. The van der Waals surface area contributed by atoms with Gasteiger partial charge in [0.15, 0.2) is 0 Å². The summed E-state index contributed by atoms with van der Waals surface area (Å²) in [5.74, 6) is 4.70. The minimum absolute atomic E-state index is 0.102. The van der Waals surface area contributed by atoms with E-state index >= 15 is 0 Å². The first-order valence-corrected chi connectivity index (χ1v) is 4.94. The zero-order valence-electron chi connectivity index (χ0n) is 4.48. The van der Waals surface area contributed by atoms with Crippen LogP contribution in [-0.4, -0.2) is 25.3 Å². The minimum atomic E-state index is -3.92. The van der Waals surface area contributed by atoms with Gasteiger partial charge in [-0.1, -0.05) is 0 Å². The lowest BCUT2D eigenvalue weighted by Crippen LogP contribution is -2.04. The summed E-state index contributed by atoms with van der Waals surface area (Å²) in [7, 11) is -3.53. The van der Waals surface area contributed by atoms with Crippen LogP contribution in [0.1, 0.15) is 0 Å². The average molecular weight is 173 g/mol. The Balaban J connectivity index is 3.30. The monoisotopic (exact) mass is 173 g/mol. The number of hydrogen-bond acceptors (Lipinski definition) is 5. The van der Waals surface area contributed by atoms with Crippen LogP contribution in [0.4, 0.5) is 0 Å². The molecule has 0 atom stereocenters. The molecule has 9 heavy (non-hydrogen) atoms. The molecule has 0 saturated heterocycles. The molecular weight excluding hydrogens is 166 g/mol. The summed E-state index contributed by atoms with van der Waals surface area (Å²) in [4.78, 5) is 4.04. The van der Waals surface area contributed by atoms with Crippen LogP contribution in [0, 0.1) is 0 Å². The van der Waals surface area contributed by atoms with Crippen molar-refractivity contribution in [3.63, 3.8) is 0 Å². The molecule has 0 rings (SSSR count). The van der Waals surface area contributed by atoms with Gasteiger partial charge in [-0.25, -0.2) is 5.90 Å². The fourth-order valence-corrected chi connectivity index (χ4v) is 1.40. The number of nitrogens with two attached hydrogens (primary N) is 1. The number of rotatable bonds is 4. The molecule has 0 aromatic carbocycles. The summed E-state index contributed by atoms with van der Waals surface area (Å²) in [5, 5.41) is 0. The van der Waals surface area contributed by atoms with E-state index < -0.39 is 9.15 Å². The van der Waals surface area contributed by atoms with E-state index in [9.17, 15) is 8.42 Å². The summed E-state index contributed by atoms with van der Waals surface area (Å²) >= 11 is 0. The van der Waals surface area contributed by atoms with Gasteiger partial charge >= 0.3 is 9.15 Å². The Labute approximate surface area is 56.7 Å². The zero-order chi connectivity index (χ0) is 7.33. The van der Waals surface area contributed by atoms with E-state index in [-0.39, 0.29) is 12.4 Å². The second-order valence-corrected chi connectivity index (χ2v) is 4.59. The van der Waals surface area contributed by atoms with Crippen LogP contribution in [0.25, 0.3) is 0 Å². The molecular formula is C2H7NO4S2. The van der Waals surface area contributed by atoms with Crippen LogP contribution < -0.4 is 5.90 Å². The molecule has 7 heteroatoms. The molecule has 0 radical (unpaired) electrons. The highest BCUT2D eigenvalue weighted by molar-refractivity contribution is 8.69. The van der Waals surface area contributed by atoms with Gasteiger partial charge in [-0.05, 0) is 10.8 Å². The topological polar surface area (TPSA) is 89.6 Å². The molecule has 0 amide bonds. The summed E-state index contributed by atoms with van der Waals surface area (Å²) in [5.41, 5.74) is 0. The van der Waals surface area contributed by atoms with Crippen LogP contribution in [0.15, 0.2) is 0 Å². The summed E-state index contributed by atoms with van der Waals surface area (Å²) < 4.78 is 27.9. The van der Waals surface area contributed by atoms with E-state index in [0.717, 1.165) is 0 Å². The average Bonchev–Trinajstić information content (AvgIpc) is 1.63. The van der Waals surface area contributed by atoms with Crippen molar-refractivity contribution < 1.29 is 17.8 Å². The normalized spacial score (nSPS) is 11.8. The van der Waals surface area contributed by atoms with E-state index in [0.29, 0.717) is 10.8 Å². The molecule has 0 aliphatic carbocycles. The van der Waals surface area contributed by atoms with Gasteiger partial charge in [-0.15, -0.1) is 0 Å². The molecule has 0 aromatic heterocycles. The minimum Gasteiger partial charge on any atom is -0.304 e. The zero-order valence-corrected chi connectivity index (χ0v) is 6.11. The quantitative estimate of drug-likeness (QED) is 0.256. The third-order valence-electron chi connectivity index (χ3n) is 0.433. The molecule has 0 aromatic rings. The fraction of sp³-hybridized carbons (Fsp3) is 1.00. The highest BCUT2D eigenvalue weighted by Crippen LogP contribution is 2.06. The van der Waals surface area contributed by atoms with Crippen molar-refractivity contribution in [3.05, 3.63) is 0 Å². The summed E-state index contributed by atoms with van der Waals surface area (Å²) in [6.07, 6.45) is 0. The molecule has 0 bridgehead atoms. The standard InChI is InChI=1S/C2H7NO4S2/c3-7-1-2-8-9(4,5)6/h1-3H2,(H,4,5,6). The first-order chi connectivity index (χ1) is 4.06. The molecule has 0 heterocycles. The number of hydrogen-bond donors (Lipinski definition) is 2.